The summed E-state index contributed by atoms with van der Waals surface area (Å²) < 4.78 is 0. The van der Waals surface area contributed by atoms with Crippen LogP contribution in [0.4, 0.5) is 0 Å². The number of nitrogens with two attached hydrogens (primary N) is 1. The van der Waals surface area contributed by atoms with Crippen LogP contribution in [0.5, 0.6) is 0 Å². The van der Waals surface area contributed by atoms with Gasteiger partial charge in [-0.2, -0.15) is 12.6 Å². The van der Waals surface area contributed by atoms with E-state index in [1.54, 1.807) is 0 Å². The molecule has 1 aromatic rings. The van der Waals surface area contributed by atoms with Crippen molar-refractivity contribution < 1.29 is 0 Å². The van der Waals surface area contributed by atoms with Crippen molar-refractivity contribution in [3.63, 3.8) is 0 Å². The molecule has 0 aliphatic rings. The molecule has 0 radical (unpaired) electrons. The fourth-order valence-corrected chi connectivity index (χ4v) is 1.09. The average molecular weight is 204 g/mol. The van der Waals surface area contributed by atoms with Gasteiger partial charge < -0.3 is 5.73 Å². The molecule has 1 rings (SSSR count). The maximum atomic E-state index is 5.96. The Kier molecular flexibility index (Phi) is 4.68. The predicted octanol–water partition coefficient (Wildman–Crippen LogP) is 2.21. The molecule has 3 heteroatoms. The second-order valence-corrected chi connectivity index (χ2v) is 3.26. The highest BCUT2D eigenvalue weighted by Gasteiger charge is 2.17. The van der Waals surface area contributed by atoms with Gasteiger partial charge in [-0.15, -0.1) is 12.4 Å². The van der Waals surface area contributed by atoms with E-state index in [1.165, 1.54) is 0 Å². The van der Waals surface area contributed by atoms with Crippen molar-refractivity contribution in [2.24, 2.45) is 5.73 Å². The molecule has 0 unspecified atom stereocenters. The fourth-order valence-electron chi connectivity index (χ4n) is 0.910. The Morgan fingerprint density at radius 2 is 1.83 bits per heavy atom. The first-order chi connectivity index (χ1) is 5.17. The molecule has 0 saturated carbocycles. The van der Waals surface area contributed by atoms with E-state index in [0.29, 0.717) is 5.75 Å². The highest BCUT2D eigenvalue weighted by Crippen LogP contribution is 2.17. The van der Waals surface area contributed by atoms with Crippen molar-refractivity contribution in [3.8, 4) is 0 Å². The van der Waals surface area contributed by atoms with Crippen LogP contribution in [-0.2, 0) is 5.54 Å². The third-order valence-corrected chi connectivity index (χ3v) is 2.42. The van der Waals surface area contributed by atoms with Crippen molar-refractivity contribution in [1.82, 2.24) is 0 Å². The van der Waals surface area contributed by atoms with Crippen LogP contribution in [0.2, 0.25) is 0 Å². The lowest BCUT2D eigenvalue weighted by Gasteiger charge is -2.22. The number of halogens is 1. The van der Waals surface area contributed by atoms with Gasteiger partial charge in [0.05, 0.1) is 0 Å². The normalized spacial score (nSPS) is 14.6. The van der Waals surface area contributed by atoms with Crippen molar-refractivity contribution in [2.45, 2.75) is 12.5 Å². The number of rotatable bonds is 2. The first kappa shape index (κ1) is 11.8. The molecule has 1 atom stereocenters. The summed E-state index contributed by atoms with van der Waals surface area (Å²) in [6, 6.07) is 10.0. The summed E-state index contributed by atoms with van der Waals surface area (Å²) in [5.74, 6) is 0.664. The van der Waals surface area contributed by atoms with Crippen LogP contribution in [0.15, 0.2) is 30.3 Å². The number of hydrogen-bond donors (Lipinski definition) is 2. The number of thiol groups is 1. The van der Waals surface area contributed by atoms with E-state index in [0.717, 1.165) is 5.56 Å². The third kappa shape index (κ3) is 2.70. The highest BCUT2D eigenvalue weighted by atomic mass is 35.5. The van der Waals surface area contributed by atoms with E-state index in [1.807, 2.05) is 37.3 Å². The standard InChI is InChI=1S/C9H13NS.ClH/c1-9(10,7-11)8-5-3-2-4-6-8;/h2-6,11H,7,10H2,1H3;1H/t9-;/m0./s1. The van der Waals surface area contributed by atoms with Gasteiger partial charge in [0.15, 0.2) is 0 Å². The molecule has 1 nitrogen and oxygen atoms in total. The molecule has 0 bridgehead atoms. The van der Waals surface area contributed by atoms with Gasteiger partial charge in [-0.1, -0.05) is 30.3 Å². The van der Waals surface area contributed by atoms with Crippen LogP contribution < -0.4 is 5.73 Å². The van der Waals surface area contributed by atoms with Crippen LogP contribution in [-0.4, -0.2) is 5.75 Å². The molecule has 0 aliphatic heterocycles. The molecule has 0 saturated heterocycles. The molecular formula is C9H14ClNS. The molecule has 0 amide bonds. The second-order valence-electron chi connectivity index (χ2n) is 2.94. The molecule has 12 heavy (non-hydrogen) atoms. The van der Waals surface area contributed by atoms with Crippen LogP contribution in [0.3, 0.4) is 0 Å². The topological polar surface area (TPSA) is 26.0 Å². The van der Waals surface area contributed by atoms with Crippen LogP contribution in [0.25, 0.3) is 0 Å². The molecule has 0 spiro atoms. The first-order valence-electron chi connectivity index (χ1n) is 3.62. The Balaban J connectivity index is 0.00000121. The maximum Gasteiger partial charge on any atom is 0.0470 e. The lowest BCUT2D eigenvalue weighted by molar-refractivity contribution is 0.567. The number of benzene rings is 1. The van der Waals surface area contributed by atoms with E-state index >= 15 is 0 Å². The first-order valence-corrected chi connectivity index (χ1v) is 4.25. The number of hydrogen-bond acceptors (Lipinski definition) is 2. The summed E-state index contributed by atoms with van der Waals surface area (Å²) in [4.78, 5) is 0. The SMILES string of the molecule is C[C@](N)(CS)c1ccccc1.Cl. The quantitative estimate of drug-likeness (QED) is 0.709. The summed E-state index contributed by atoms with van der Waals surface area (Å²) in [7, 11) is 0. The van der Waals surface area contributed by atoms with E-state index in [4.69, 9.17) is 5.73 Å². The highest BCUT2D eigenvalue weighted by molar-refractivity contribution is 7.80. The molecule has 0 aromatic heterocycles. The van der Waals surface area contributed by atoms with Crippen molar-refractivity contribution in [3.05, 3.63) is 35.9 Å². The Bertz CT molecular complexity index is 223. The van der Waals surface area contributed by atoms with Gasteiger partial charge in [-0.05, 0) is 12.5 Å². The van der Waals surface area contributed by atoms with Crippen molar-refractivity contribution >= 4 is 25.0 Å². The Morgan fingerprint density at radius 3 is 2.25 bits per heavy atom. The smallest absolute Gasteiger partial charge is 0.0470 e. The average Bonchev–Trinajstić information content (AvgIpc) is 2.06. The van der Waals surface area contributed by atoms with E-state index < -0.39 is 0 Å². The van der Waals surface area contributed by atoms with Crippen LogP contribution in [0, 0.1) is 0 Å². The van der Waals surface area contributed by atoms with Crippen LogP contribution >= 0.6 is 25.0 Å². The minimum atomic E-state index is -0.301. The fraction of sp³-hybridized carbons (Fsp3) is 0.333. The van der Waals surface area contributed by atoms with E-state index in [-0.39, 0.29) is 17.9 Å². The summed E-state index contributed by atoms with van der Waals surface area (Å²) in [6.45, 7) is 1.98. The molecule has 2 N–H and O–H groups in total. The van der Waals surface area contributed by atoms with Gasteiger partial charge in [0.2, 0.25) is 0 Å². The Labute approximate surface area is 85.2 Å². The second kappa shape index (κ2) is 4.75. The van der Waals surface area contributed by atoms with Gasteiger partial charge in [0, 0.05) is 11.3 Å². The Morgan fingerprint density at radius 1 is 1.33 bits per heavy atom. The third-order valence-electron chi connectivity index (χ3n) is 1.76. The Hall–Kier alpha value is -0.180. The van der Waals surface area contributed by atoms with Gasteiger partial charge in [0.1, 0.15) is 0 Å². The van der Waals surface area contributed by atoms with Gasteiger partial charge in [-0.25, -0.2) is 0 Å². The molecule has 68 valence electrons. The largest absolute Gasteiger partial charge is 0.321 e. The predicted molar refractivity (Wildman–Crippen MR) is 59.1 cm³/mol. The van der Waals surface area contributed by atoms with E-state index in [2.05, 4.69) is 12.6 Å². The zero-order chi connectivity index (χ0) is 8.32. The van der Waals surface area contributed by atoms with Crippen molar-refractivity contribution in [1.29, 1.82) is 0 Å². The van der Waals surface area contributed by atoms with E-state index in [9.17, 15) is 0 Å². The summed E-state index contributed by atoms with van der Waals surface area (Å²) in [5, 5.41) is 0. The van der Waals surface area contributed by atoms with Crippen LogP contribution in [0.1, 0.15) is 12.5 Å². The molecule has 0 heterocycles. The van der Waals surface area contributed by atoms with Gasteiger partial charge >= 0.3 is 0 Å². The zero-order valence-electron chi connectivity index (χ0n) is 7.03. The zero-order valence-corrected chi connectivity index (χ0v) is 8.74. The molecule has 1 aromatic carbocycles. The lowest BCUT2D eigenvalue weighted by atomic mass is 9.96. The molecular weight excluding hydrogens is 190 g/mol. The summed E-state index contributed by atoms with van der Waals surface area (Å²) in [6.07, 6.45) is 0. The van der Waals surface area contributed by atoms with Gasteiger partial charge in [0.25, 0.3) is 0 Å². The lowest BCUT2D eigenvalue weighted by Crippen LogP contribution is -2.34. The summed E-state index contributed by atoms with van der Waals surface area (Å²) in [5.41, 5.74) is 6.79. The molecule has 0 aliphatic carbocycles. The van der Waals surface area contributed by atoms with Crippen molar-refractivity contribution in [2.75, 3.05) is 5.75 Å². The molecule has 0 fully saturated rings. The summed E-state index contributed by atoms with van der Waals surface area (Å²) >= 11 is 4.19. The monoisotopic (exact) mass is 203 g/mol. The minimum absolute atomic E-state index is 0. The maximum absolute atomic E-state index is 5.96. The minimum Gasteiger partial charge on any atom is -0.321 e. The van der Waals surface area contributed by atoms with Gasteiger partial charge in [-0.3, -0.25) is 0 Å².